The predicted molar refractivity (Wildman–Crippen MR) is 109 cm³/mol. The van der Waals surface area contributed by atoms with Crippen molar-refractivity contribution < 1.29 is 18.3 Å². The maximum atomic E-state index is 12.8. The number of rotatable bonds is 5. The monoisotopic (exact) mass is 421 g/mol. The van der Waals surface area contributed by atoms with Gasteiger partial charge in [0, 0.05) is 12.4 Å². The summed E-state index contributed by atoms with van der Waals surface area (Å²) in [5, 5.41) is 11.7. The van der Waals surface area contributed by atoms with E-state index in [1.807, 2.05) is 12.1 Å². The van der Waals surface area contributed by atoms with Gasteiger partial charge >= 0.3 is 5.97 Å². The Morgan fingerprint density at radius 3 is 2.81 bits per heavy atom. The number of carboxylic acids is 1. The number of carbonyl (C=O) groups is 1. The molecule has 1 aliphatic heterocycles. The van der Waals surface area contributed by atoms with Crippen molar-refractivity contribution in [2.45, 2.75) is 9.46 Å². The summed E-state index contributed by atoms with van der Waals surface area (Å²) in [5.74, 6) is -0.891. The summed E-state index contributed by atoms with van der Waals surface area (Å²) in [6, 6.07) is 10.5. The Kier molecular flexibility index (Phi) is 4.49. The normalized spacial score (nSPS) is 17.2. The fraction of sp³-hybridized carbons (Fsp3) is 0.176. The molecule has 0 fully saturated rings. The van der Waals surface area contributed by atoms with Crippen LogP contribution in [0.25, 0.3) is 10.9 Å². The summed E-state index contributed by atoms with van der Waals surface area (Å²) in [6.07, 6.45) is 0. The van der Waals surface area contributed by atoms with Gasteiger partial charge in [-0.3, -0.25) is 14.1 Å². The highest BCUT2D eigenvalue weighted by molar-refractivity contribution is 8.15. The van der Waals surface area contributed by atoms with E-state index < -0.39 is 21.2 Å². The molecule has 3 aromatic rings. The number of hydrogen-bond donors (Lipinski definition) is 2. The van der Waals surface area contributed by atoms with Crippen molar-refractivity contribution in [3.05, 3.63) is 47.5 Å². The Morgan fingerprint density at radius 1 is 1.33 bits per heavy atom. The lowest BCUT2D eigenvalue weighted by atomic mass is 10.2. The van der Waals surface area contributed by atoms with Crippen LogP contribution < -0.4 is 4.31 Å². The van der Waals surface area contributed by atoms with Crippen molar-refractivity contribution in [3.8, 4) is 0 Å². The molecule has 140 valence electrons. The average Bonchev–Trinajstić information content (AvgIpc) is 3.40. The molecule has 1 unspecified atom stereocenters. The molecule has 0 aliphatic carbocycles. The van der Waals surface area contributed by atoms with Gasteiger partial charge in [0.25, 0.3) is 10.0 Å². The number of H-pyrrole nitrogens is 1. The number of aromatic nitrogens is 1. The van der Waals surface area contributed by atoms with Gasteiger partial charge < -0.3 is 10.1 Å². The van der Waals surface area contributed by atoms with E-state index in [1.54, 1.807) is 29.6 Å². The molecule has 1 atom stereocenters. The Bertz CT molecular complexity index is 1150. The van der Waals surface area contributed by atoms with Crippen molar-refractivity contribution in [2.75, 3.05) is 17.9 Å². The number of benzene rings is 1. The molecule has 0 saturated heterocycles. The molecule has 0 radical (unpaired) electrons. The van der Waals surface area contributed by atoms with Crippen LogP contribution in [-0.2, 0) is 14.8 Å². The lowest BCUT2D eigenvalue weighted by Gasteiger charge is -2.19. The molecule has 3 heterocycles. The highest BCUT2D eigenvalue weighted by Crippen LogP contribution is 2.33. The van der Waals surface area contributed by atoms with E-state index in [9.17, 15) is 13.2 Å². The SMILES string of the molecule is CN(c1cccc2cc(C3=NCC(C(=O)O)S3)[nH]c12)S(=O)(=O)c1cccs1. The molecule has 1 aliphatic rings. The van der Waals surface area contributed by atoms with E-state index in [2.05, 4.69) is 9.98 Å². The van der Waals surface area contributed by atoms with Crippen LogP contribution in [0.5, 0.6) is 0 Å². The number of carboxylic acid groups (broad SMARTS) is 1. The number of nitrogens with zero attached hydrogens (tertiary/aromatic N) is 2. The number of aliphatic carboxylic acids is 1. The summed E-state index contributed by atoms with van der Waals surface area (Å²) in [5.41, 5.74) is 1.87. The molecule has 0 amide bonds. The number of hydrogen-bond acceptors (Lipinski definition) is 6. The zero-order valence-corrected chi connectivity index (χ0v) is 16.6. The first-order valence-corrected chi connectivity index (χ1v) is 11.2. The molecule has 0 spiro atoms. The number of aromatic amines is 1. The van der Waals surface area contributed by atoms with Gasteiger partial charge in [0.15, 0.2) is 0 Å². The number of fused-ring (bicyclic) bond motifs is 1. The van der Waals surface area contributed by atoms with Gasteiger partial charge in [0.05, 0.1) is 23.4 Å². The summed E-state index contributed by atoms with van der Waals surface area (Å²) in [6.45, 7) is 0.226. The largest absolute Gasteiger partial charge is 0.480 e. The first kappa shape index (κ1) is 18.1. The molecule has 0 bridgehead atoms. The Hall–Kier alpha value is -2.30. The maximum Gasteiger partial charge on any atom is 0.318 e. The number of sulfonamides is 1. The molecule has 1 aromatic carbocycles. The number of thioether (sulfide) groups is 1. The van der Waals surface area contributed by atoms with E-state index in [0.29, 0.717) is 21.9 Å². The van der Waals surface area contributed by atoms with Crippen molar-refractivity contribution in [1.82, 2.24) is 4.98 Å². The van der Waals surface area contributed by atoms with E-state index in [4.69, 9.17) is 5.11 Å². The number of thiophene rings is 1. The van der Waals surface area contributed by atoms with E-state index in [0.717, 1.165) is 5.39 Å². The quantitative estimate of drug-likeness (QED) is 0.659. The minimum Gasteiger partial charge on any atom is -0.480 e. The Labute approximate surface area is 163 Å². The van der Waals surface area contributed by atoms with Gasteiger partial charge in [-0.1, -0.05) is 30.0 Å². The third kappa shape index (κ3) is 3.13. The fourth-order valence-electron chi connectivity index (χ4n) is 2.84. The van der Waals surface area contributed by atoms with E-state index in [1.165, 1.54) is 34.5 Å². The van der Waals surface area contributed by atoms with Crippen LogP contribution in [0.4, 0.5) is 5.69 Å². The smallest absolute Gasteiger partial charge is 0.318 e. The van der Waals surface area contributed by atoms with Crippen molar-refractivity contribution in [3.63, 3.8) is 0 Å². The highest BCUT2D eigenvalue weighted by Gasteiger charge is 2.28. The average molecular weight is 422 g/mol. The lowest BCUT2D eigenvalue weighted by Crippen LogP contribution is -2.26. The van der Waals surface area contributed by atoms with E-state index in [-0.39, 0.29) is 10.8 Å². The summed E-state index contributed by atoms with van der Waals surface area (Å²) < 4.78 is 27.2. The molecule has 2 aromatic heterocycles. The van der Waals surface area contributed by atoms with Gasteiger partial charge in [-0.25, -0.2) is 8.42 Å². The van der Waals surface area contributed by atoms with Gasteiger partial charge in [0.1, 0.15) is 14.5 Å². The van der Waals surface area contributed by atoms with Crippen molar-refractivity contribution >= 4 is 60.7 Å². The summed E-state index contributed by atoms with van der Waals surface area (Å²) in [4.78, 5) is 18.7. The third-order valence-electron chi connectivity index (χ3n) is 4.24. The molecule has 7 nitrogen and oxygen atoms in total. The number of para-hydroxylation sites is 1. The predicted octanol–water partition coefficient (Wildman–Crippen LogP) is 3.00. The Morgan fingerprint density at radius 2 is 2.15 bits per heavy atom. The minimum absolute atomic E-state index is 0.226. The molecule has 0 saturated carbocycles. The molecule has 10 heteroatoms. The van der Waals surface area contributed by atoms with Crippen LogP contribution in [0.3, 0.4) is 0 Å². The number of aliphatic imine (C=N–C) groups is 1. The van der Waals surface area contributed by atoms with Gasteiger partial charge in [-0.05, 0) is 23.6 Å². The van der Waals surface area contributed by atoms with E-state index >= 15 is 0 Å². The van der Waals surface area contributed by atoms with Crippen molar-refractivity contribution in [2.24, 2.45) is 4.99 Å². The number of nitrogens with one attached hydrogen (secondary N) is 1. The second-order valence-electron chi connectivity index (χ2n) is 5.92. The standard InChI is InChI=1S/C17H15N3O4S3/c1-20(27(23,24)14-6-3-7-25-14)12-5-2-4-10-8-11(19-15(10)12)16-18-9-13(26-16)17(21)22/h2-8,13,19H,9H2,1H3,(H,21,22). The lowest BCUT2D eigenvalue weighted by molar-refractivity contribution is -0.136. The van der Waals surface area contributed by atoms with Gasteiger partial charge in [-0.2, -0.15) is 0 Å². The van der Waals surface area contributed by atoms with Crippen molar-refractivity contribution in [1.29, 1.82) is 0 Å². The zero-order valence-electron chi connectivity index (χ0n) is 14.1. The Balaban J connectivity index is 1.73. The summed E-state index contributed by atoms with van der Waals surface area (Å²) in [7, 11) is -2.13. The second-order valence-corrected chi connectivity index (χ2v) is 10.3. The first-order chi connectivity index (χ1) is 12.9. The van der Waals surface area contributed by atoms with Gasteiger partial charge in [-0.15, -0.1) is 11.3 Å². The third-order valence-corrected chi connectivity index (χ3v) is 8.60. The molecular formula is C17H15N3O4S3. The second kappa shape index (κ2) is 6.70. The van der Waals surface area contributed by atoms with Crippen LogP contribution in [0.2, 0.25) is 0 Å². The zero-order chi connectivity index (χ0) is 19.2. The summed E-state index contributed by atoms with van der Waals surface area (Å²) >= 11 is 2.36. The van der Waals surface area contributed by atoms with Crippen LogP contribution in [0, 0.1) is 0 Å². The van der Waals surface area contributed by atoms with Crippen LogP contribution in [0.1, 0.15) is 5.69 Å². The molecule has 27 heavy (non-hydrogen) atoms. The van der Waals surface area contributed by atoms with Crippen LogP contribution in [-0.4, -0.2) is 48.4 Å². The maximum absolute atomic E-state index is 12.8. The molecular weight excluding hydrogens is 406 g/mol. The molecule has 4 rings (SSSR count). The van der Waals surface area contributed by atoms with Crippen LogP contribution >= 0.6 is 23.1 Å². The van der Waals surface area contributed by atoms with Gasteiger partial charge in [0.2, 0.25) is 0 Å². The fourth-order valence-corrected chi connectivity index (χ4v) is 6.12. The molecule has 2 N–H and O–H groups in total. The van der Waals surface area contributed by atoms with Crippen LogP contribution in [0.15, 0.2) is 51.0 Å². The first-order valence-electron chi connectivity index (χ1n) is 7.96. The minimum atomic E-state index is -3.65. The topological polar surface area (TPSA) is 103 Å². The number of anilines is 1. The highest BCUT2D eigenvalue weighted by atomic mass is 32.2.